The molecule has 3 atom stereocenters. The predicted octanol–water partition coefficient (Wildman–Crippen LogP) is 3.46. The standard InChI is InChI=1S/C13H19FN2/c1-9-4-3-5-12(10(9)2)16-11-6-7-15-13(14)8-11/h6-10,12H,3-5H2,1-2H3,(H,15,16). The number of pyridine rings is 1. The molecule has 2 nitrogen and oxygen atoms in total. The van der Waals surface area contributed by atoms with E-state index in [-0.39, 0.29) is 0 Å². The average molecular weight is 222 g/mol. The van der Waals surface area contributed by atoms with Crippen LogP contribution in [0.4, 0.5) is 10.1 Å². The van der Waals surface area contributed by atoms with E-state index in [1.807, 2.05) is 6.07 Å². The Hall–Kier alpha value is -1.12. The smallest absolute Gasteiger partial charge is 0.214 e. The predicted molar refractivity (Wildman–Crippen MR) is 63.8 cm³/mol. The minimum Gasteiger partial charge on any atom is -0.382 e. The maximum absolute atomic E-state index is 12.9. The lowest BCUT2D eigenvalue weighted by Gasteiger charge is -2.35. The topological polar surface area (TPSA) is 24.9 Å². The number of hydrogen-bond donors (Lipinski definition) is 1. The van der Waals surface area contributed by atoms with E-state index < -0.39 is 5.95 Å². The van der Waals surface area contributed by atoms with Gasteiger partial charge in [0.15, 0.2) is 0 Å². The van der Waals surface area contributed by atoms with Crippen molar-refractivity contribution >= 4 is 5.69 Å². The molecule has 0 radical (unpaired) electrons. The summed E-state index contributed by atoms with van der Waals surface area (Å²) in [7, 11) is 0. The zero-order chi connectivity index (χ0) is 11.5. The van der Waals surface area contributed by atoms with Crippen molar-refractivity contribution in [2.24, 2.45) is 11.8 Å². The maximum Gasteiger partial charge on any atom is 0.214 e. The average Bonchev–Trinajstić information content (AvgIpc) is 2.25. The summed E-state index contributed by atoms with van der Waals surface area (Å²) >= 11 is 0. The number of nitrogens with one attached hydrogen (secondary N) is 1. The summed E-state index contributed by atoms with van der Waals surface area (Å²) in [6.45, 7) is 4.57. The molecule has 16 heavy (non-hydrogen) atoms. The lowest BCUT2D eigenvalue weighted by atomic mass is 9.78. The number of halogens is 1. The van der Waals surface area contributed by atoms with Gasteiger partial charge in [0.05, 0.1) is 0 Å². The lowest BCUT2D eigenvalue weighted by Crippen LogP contribution is -2.35. The van der Waals surface area contributed by atoms with E-state index in [0.717, 1.165) is 11.6 Å². The fourth-order valence-corrected chi connectivity index (χ4v) is 2.49. The Morgan fingerprint density at radius 1 is 1.38 bits per heavy atom. The summed E-state index contributed by atoms with van der Waals surface area (Å²) in [6, 6.07) is 3.76. The van der Waals surface area contributed by atoms with Crippen LogP contribution in [0.25, 0.3) is 0 Å². The molecule has 1 aliphatic carbocycles. The molecule has 2 rings (SSSR count). The van der Waals surface area contributed by atoms with Crippen molar-refractivity contribution in [3.63, 3.8) is 0 Å². The molecule has 1 saturated carbocycles. The molecule has 0 bridgehead atoms. The van der Waals surface area contributed by atoms with Gasteiger partial charge in [0, 0.05) is 24.0 Å². The molecule has 1 aromatic heterocycles. The van der Waals surface area contributed by atoms with Crippen molar-refractivity contribution in [3.05, 3.63) is 24.3 Å². The summed E-state index contributed by atoms with van der Waals surface area (Å²) in [5.74, 6) is 0.976. The van der Waals surface area contributed by atoms with Crippen LogP contribution in [-0.4, -0.2) is 11.0 Å². The minimum absolute atomic E-state index is 0.415. The van der Waals surface area contributed by atoms with E-state index in [9.17, 15) is 4.39 Å². The fraction of sp³-hybridized carbons (Fsp3) is 0.615. The van der Waals surface area contributed by atoms with Crippen molar-refractivity contribution in [1.29, 1.82) is 0 Å². The molecule has 1 aliphatic rings. The number of nitrogens with zero attached hydrogens (tertiary/aromatic N) is 1. The van der Waals surface area contributed by atoms with Gasteiger partial charge in [0.1, 0.15) is 0 Å². The maximum atomic E-state index is 12.9. The Morgan fingerprint density at radius 2 is 2.19 bits per heavy atom. The van der Waals surface area contributed by atoms with Gasteiger partial charge in [-0.15, -0.1) is 0 Å². The molecule has 3 unspecified atom stereocenters. The molecule has 0 aliphatic heterocycles. The van der Waals surface area contributed by atoms with E-state index in [2.05, 4.69) is 24.1 Å². The van der Waals surface area contributed by atoms with Gasteiger partial charge in [-0.2, -0.15) is 4.39 Å². The van der Waals surface area contributed by atoms with Crippen LogP contribution in [0, 0.1) is 17.8 Å². The zero-order valence-electron chi connectivity index (χ0n) is 9.91. The van der Waals surface area contributed by atoms with E-state index in [1.54, 1.807) is 0 Å². The number of rotatable bonds is 2. The second-order valence-electron chi connectivity index (χ2n) is 4.89. The molecule has 0 amide bonds. The lowest BCUT2D eigenvalue weighted by molar-refractivity contribution is 0.253. The SMILES string of the molecule is CC1CCCC(Nc2ccnc(F)c2)C1C. The third-order valence-corrected chi connectivity index (χ3v) is 3.79. The second-order valence-corrected chi connectivity index (χ2v) is 4.89. The second kappa shape index (κ2) is 4.81. The summed E-state index contributed by atoms with van der Waals surface area (Å²) in [4.78, 5) is 3.56. The molecule has 1 aromatic rings. The normalized spacial score (nSPS) is 30.1. The first-order chi connectivity index (χ1) is 7.66. The molecule has 0 aromatic carbocycles. The highest BCUT2D eigenvalue weighted by atomic mass is 19.1. The Morgan fingerprint density at radius 3 is 2.94 bits per heavy atom. The Kier molecular flexibility index (Phi) is 3.42. The Bertz CT molecular complexity index is 354. The fourth-order valence-electron chi connectivity index (χ4n) is 2.49. The highest BCUT2D eigenvalue weighted by molar-refractivity contribution is 5.42. The van der Waals surface area contributed by atoms with Gasteiger partial charge in [-0.25, -0.2) is 4.98 Å². The first-order valence-electron chi connectivity index (χ1n) is 6.05. The third-order valence-electron chi connectivity index (χ3n) is 3.79. The molecular formula is C13H19FN2. The summed E-state index contributed by atoms with van der Waals surface area (Å²) in [5, 5.41) is 3.42. The largest absolute Gasteiger partial charge is 0.382 e. The third kappa shape index (κ3) is 2.52. The van der Waals surface area contributed by atoms with Crippen LogP contribution >= 0.6 is 0 Å². The molecule has 1 heterocycles. The minimum atomic E-state index is -0.415. The Labute approximate surface area is 96.3 Å². The van der Waals surface area contributed by atoms with E-state index in [0.29, 0.717) is 12.0 Å². The van der Waals surface area contributed by atoms with Crippen molar-refractivity contribution in [1.82, 2.24) is 4.98 Å². The van der Waals surface area contributed by atoms with Gasteiger partial charge in [-0.05, 0) is 24.3 Å². The van der Waals surface area contributed by atoms with Gasteiger partial charge in [0.2, 0.25) is 5.95 Å². The summed E-state index contributed by atoms with van der Waals surface area (Å²) in [5.41, 5.74) is 0.846. The van der Waals surface area contributed by atoms with Crippen LogP contribution in [0.3, 0.4) is 0 Å². The van der Waals surface area contributed by atoms with Crippen molar-refractivity contribution in [3.8, 4) is 0 Å². The van der Waals surface area contributed by atoms with Crippen molar-refractivity contribution in [2.75, 3.05) is 5.32 Å². The van der Waals surface area contributed by atoms with Crippen LogP contribution in [0.1, 0.15) is 33.1 Å². The van der Waals surface area contributed by atoms with Crippen LogP contribution < -0.4 is 5.32 Å². The van der Waals surface area contributed by atoms with E-state index in [1.165, 1.54) is 31.5 Å². The molecule has 0 spiro atoms. The van der Waals surface area contributed by atoms with Crippen molar-refractivity contribution < 1.29 is 4.39 Å². The van der Waals surface area contributed by atoms with E-state index >= 15 is 0 Å². The van der Waals surface area contributed by atoms with Gasteiger partial charge in [-0.3, -0.25) is 0 Å². The number of hydrogen-bond acceptors (Lipinski definition) is 2. The molecular weight excluding hydrogens is 203 g/mol. The monoisotopic (exact) mass is 222 g/mol. The van der Waals surface area contributed by atoms with Crippen LogP contribution in [-0.2, 0) is 0 Å². The van der Waals surface area contributed by atoms with Gasteiger partial charge in [-0.1, -0.05) is 26.7 Å². The first kappa shape index (κ1) is 11.4. The highest BCUT2D eigenvalue weighted by Gasteiger charge is 2.26. The molecule has 0 saturated heterocycles. The highest BCUT2D eigenvalue weighted by Crippen LogP contribution is 2.31. The van der Waals surface area contributed by atoms with Gasteiger partial charge < -0.3 is 5.32 Å². The van der Waals surface area contributed by atoms with Crippen molar-refractivity contribution in [2.45, 2.75) is 39.2 Å². The molecule has 88 valence electrons. The van der Waals surface area contributed by atoms with Crippen LogP contribution in [0.5, 0.6) is 0 Å². The van der Waals surface area contributed by atoms with Crippen LogP contribution in [0.15, 0.2) is 18.3 Å². The molecule has 1 N–H and O–H groups in total. The number of anilines is 1. The van der Waals surface area contributed by atoms with Gasteiger partial charge >= 0.3 is 0 Å². The Balaban J connectivity index is 2.03. The van der Waals surface area contributed by atoms with Crippen LogP contribution in [0.2, 0.25) is 0 Å². The molecule has 1 fully saturated rings. The van der Waals surface area contributed by atoms with E-state index in [4.69, 9.17) is 0 Å². The first-order valence-corrected chi connectivity index (χ1v) is 6.05. The summed E-state index contributed by atoms with van der Waals surface area (Å²) in [6.07, 6.45) is 5.25. The van der Waals surface area contributed by atoms with Gasteiger partial charge in [0.25, 0.3) is 0 Å². The quantitative estimate of drug-likeness (QED) is 0.775. The zero-order valence-corrected chi connectivity index (χ0v) is 9.91. The summed E-state index contributed by atoms with van der Waals surface area (Å²) < 4.78 is 12.9. The number of aromatic nitrogens is 1. The molecule has 3 heteroatoms.